The van der Waals surface area contributed by atoms with Crippen LogP contribution in [0.2, 0.25) is 5.02 Å². The molecule has 2 aromatic rings. The van der Waals surface area contributed by atoms with E-state index in [9.17, 15) is 14.0 Å². The van der Waals surface area contributed by atoms with E-state index < -0.39 is 5.82 Å². The molecule has 6 heteroatoms. The third kappa shape index (κ3) is 3.82. The molecule has 1 fully saturated rings. The van der Waals surface area contributed by atoms with Gasteiger partial charge in [0.25, 0.3) is 5.91 Å². The van der Waals surface area contributed by atoms with Crippen LogP contribution in [0.1, 0.15) is 41.7 Å². The third-order valence-electron chi connectivity index (χ3n) is 4.31. The summed E-state index contributed by atoms with van der Waals surface area (Å²) in [6, 6.07) is 11.0. The van der Waals surface area contributed by atoms with E-state index in [1.807, 2.05) is 0 Å². The first-order chi connectivity index (χ1) is 12.0. The van der Waals surface area contributed by atoms with Gasteiger partial charge in [-0.1, -0.05) is 17.7 Å². The minimum absolute atomic E-state index is 0.0261. The Hall–Kier alpha value is -2.40. The molecule has 1 aliphatic rings. The van der Waals surface area contributed by atoms with Gasteiger partial charge < -0.3 is 10.2 Å². The van der Waals surface area contributed by atoms with Gasteiger partial charge in [-0.05, 0) is 55.3 Å². The van der Waals surface area contributed by atoms with Crippen molar-refractivity contribution < 1.29 is 14.0 Å². The van der Waals surface area contributed by atoms with E-state index in [0.29, 0.717) is 18.5 Å². The normalized spacial score (nSPS) is 15.3. The molecule has 25 heavy (non-hydrogen) atoms. The van der Waals surface area contributed by atoms with Gasteiger partial charge in [-0.25, -0.2) is 4.39 Å². The van der Waals surface area contributed by atoms with Crippen molar-refractivity contribution in [3.05, 3.63) is 64.4 Å². The Bertz CT molecular complexity index is 808. The molecule has 0 aromatic heterocycles. The minimum atomic E-state index is -0.490. The standard InChI is InChI=1S/C19H18ClFN2O2/c1-12(14-6-9-17(21)16(20)11-14)22-19(25)13-4-7-15(8-5-13)23-10-2-3-18(23)24/h4-9,11-12H,2-3,10H2,1H3,(H,22,25). The highest BCUT2D eigenvalue weighted by Crippen LogP contribution is 2.23. The van der Waals surface area contributed by atoms with Crippen molar-refractivity contribution >= 4 is 29.1 Å². The predicted molar refractivity (Wildman–Crippen MR) is 95.3 cm³/mol. The molecule has 1 saturated heterocycles. The molecule has 1 atom stereocenters. The Morgan fingerprint density at radius 1 is 1.24 bits per heavy atom. The zero-order valence-corrected chi connectivity index (χ0v) is 14.5. The third-order valence-corrected chi connectivity index (χ3v) is 4.60. The Labute approximate surface area is 150 Å². The SMILES string of the molecule is CC(NC(=O)c1ccc(N2CCCC2=O)cc1)c1ccc(F)c(Cl)c1. The summed E-state index contributed by atoms with van der Waals surface area (Å²) in [5.74, 6) is -0.623. The van der Waals surface area contributed by atoms with Gasteiger partial charge in [0, 0.05) is 24.2 Å². The van der Waals surface area contributed by atoms with Crippen molar-refractivity contribution in [2.45, 2.75) is 25.8 Å². The first-order valence-corrected chi connectivity index (χ1v) is 8.50. The van der Waals surface area contributed by atoms with E-state index in [4.69, 9.17) is 11.6 Å². The van der Waals surface area contributed by atoms with Gasteiger partial charge in [0.15, 0.2) is 0 Å². The predicted octanol–water partition coefficient (Wildman–Crippen LogP) is 4.10. The summed E-state index contributed by atoms with van der Waals surface area (Å²) in [4.78, 5) is 25.9. The summed E-state index contributed by atoms with van der Waals surface area (Å²) >= 11 is 5.78. The topological polar surface area (TPSA) is 49.4 Å². The van der Waals surface area contributed by atoms with E-state index >= 15 is 0 Å². The summed E-state index contributed by atoms with van der Waals surface area (Å²) in [6.07, 6.45) is 1.43. The molecule has 1 heterocycles. The van der Waals surface area contributed by atoms with Crippen LogP contribution in [0, 0.1) is 5.82 Å². The Morgan fingerprint density at radius 3 is 2.56 bits per heavy atom. The van der Waals surface area contributed by atoms with Crippen molar-refractivity contribution in [1.29, 1.82) is 0 Å². The van der Waals surface area contributed by atoms with Gasteiger partial charge >= 0.3 is 0 Å². The molecular weight excluding hydrogens is 343 g/mol. The molecule has 4 nitrogen and oxygen atoms in total. The number of carbonyl (C=O) groups excluding carboxylic acids is 2. The quantitative estimate of drug-likeness (QED) is 0.892. The lowest BCUT2D eigenvalue weighted by molar-refractivity contribution is -0.117. The number of hydrogen-bond acceptors (Lipinski definition) is 2. The van der Waals surface area contributed by atoms with Crippen LogP contribution in [-0.2, 0) is 4.79 Å². The largest absolute Gasteiger partial charge is 0.346 e. The maximum Gasteiger partial charge on any atom is 0.251 e. The van der Waals surface area contributed by atoms with Gasteiger partial charge in [-0.2, -0.15) is 0 Å². The second-order valence-electron chi connectivity index (χ2n) is 6.06. The summed E-state index contributed by atoms with van der Waals surface area (Å²) in [5, 5.41) is 2.88. The van der Waals surface area contributed by atoms with E-state index in [2.05, 4.69) is 5.32 Å². The molecule has 1 N–H and O–H groups in total. The van der Waals surface area contributed by atoms with Crippen LogP contribution >= 0.6 is 11.6 Å². The zero-order valence-electron chi connectivity index (χ0n) is 13.8. The van der Waals surface area contributed by atoms with Gasteiger partial charge in [0.05, 0.1) is 11.1 Å². The Kier molecular flexibility index (Phi) is 5.04. The second kappa shape index (κ2) is 7.23. The van der Waals surface area contributed by atoms with Gasteiger partial charge in [-0.15, -0.1) is 0 Å². The highest BCUT2D eigenvalue weighted by molar-refractivity contribution is 6.30. The lowest BCUT2D eigenvalue weighted by atomic mass is 10.1. The van der Waals surface area contributed by atoms with E-state index in [1.54, 1.807) is 42.2 Å². The highest BCUT2D eigenvalue weighted by atomic mass is 35.5. The van der Waals surface area contributed by atoms with Gasteiger partial charge in [0.1, 0.15) is 5.82 Å². The van der Waals surface area contributed by atoms with Crippen molar-refractivity contribution in [2.75, 3.05) is 11.4 Å². The fourth-order valence-corrected chi connectivity index (χ4v) is 3.05. The van der Waals surface area contributed by atoms with Crippen LogP contribution in [0.15, 0.2) is 42.5 Å². The number of rotatable bonds is 4. The average molecular weight is 361 g/mol. The molecular formula is C19H18ClFN2O2. The van der Waals surface area contributed by atoms with Crippen molar-refractivity contribution in [2.24, 2.45) is 0 Å². The first-order valence-electron chi connectivity index (χ1n) is 8.12. The van der Waals surface area contributed by atoms with Crippen LogP contribution in [0.4, 0.5) is 10.1 Å². The number of carbonyl (C=O) groups is 2. The smallest absolute Gasteiger partial charge is 0.251 e. The van der Waals surface area contributed by atoms with Gasteiger partial charge in [-0.3, -0.25) is 9.59 Å². The number of anilines is 1. The van der Waals surface area contributed by atoms with Crippen molar-refractivity contribution in [3.63, 3.8) is 0 Å². The minimum Gasteiger partial charge on any atom is -0.346 e. The number of halogens is 2. The molecule has 0 aliphatic carbocycles. The maximum atomic E-state index is 13.2. The van der Waals surface area contributed by atoms with Crippen LogP contribution in [0.5, 0.6) is 0 Å². The molecule has 130 valence electrons. The molecule has 0 bridgehead atoms. The van der Waals surface area contributed by atoms with Crippen molar-refractivity contribution in [1.82, 2.24) is 5.32 Å². The number of nitrogens with one attached hydrogen (secondary N) is 1. The summed E-state index contributed by atoms with van der Waals surface area (Å²) in [5.41, 5.74) is 2.02. The monoisotopic (exact) mass is 360 g/mol. The highest BCUT2D eigenvalue weighted by Gasteiger charge is 2.22. The number of hydrogen-bond donors (Lipinski definition) is 1. The van der Waals surface area contributed by atoms with Crippen LogP contribution in [0.25, 0.3) is 0 Å². The summed E-state index contributed by atoms with van der Waals surface area (Å²) < 4.78 is 13.2. The molecule has 0 radical (unpaired) electrons. The molecule has 1 unspecified atom stereocenters. The molecule has 2 aromatic carbocycles. The van der Waals surface area contributed by atoms with E-state index in [1.165, 1.54) is 12.1 Å². The molecule has 0 spiro atoms. The molecule has 3 rings (SSSR count). The number of amides is 2. The van der Waals surface area contributed by atoms with E-state index in [0.717, 1.165) is 17.7 Å². The molecule has 2 amide bonds. The van der Waals surface area contributed by atoms with Crippen molar-refractivity contribution in [3.8, 4) is 0 Å². The van der Waals surface area contributed by atoms with Crippen LogP contribution in [-0.4, -0.2) is 18.4 Å². The van der Waals surface area contributed by atoms with Gasteiger partial charge in [0.2, 0.25) is 5.91 Å². The average Bonchev–Trinajstić information content (AvgIpc) is 3.03. The summed E-state index contributed by atoms with van der Waals surface area (Å²) in [6.45, 7) is 2.52. The Morgan fingerprint density at radius 2 is 1.96 bits per heavy atom. The molecule has 0 saturated carbocycles. The second-order valence-corrected chi connectivity index (χ2v) is 6.47. The van der Waals surface area contributed by atoms with E-state index in [-0.39, 0.29) is 22.9 Å². The molecule has 1 aliphatic heterocycles. The van der Waals surface area contributed by atoms with Crippen LogP contribution < -0.4 is 10.2 Å². The number of nitrogens with zero attached hydrogens (tertiary/aromatic N) is 1. The zero-order chi connectivity index (χ0) is 18.0. The summed E-state index contributed by atoms with van der Waals surface area (Å²) in [7, 11) is 0. The lowest BCUT2D eigenvalue weighted by Gasteiger charge is -2.17. The lowest BCUT2D eigenvalue weighted by Crippen LogP contribution is -2.27. The first kappa shape index (κ1) is 17.4. The fraction of sp³-hybridized carbons (Fsp3) is 0.263. The Balaban J connectivity index is 1.68. The maximum absolute atomic E-state index is 13.2. The number of benzene rings is 2. The van der Waals surface area contributed by atoms with Crippen LogP contribution in [0.3, 0.4) is 0 Å². The fourth-order valence-electron chi connectivity index (χ4n) is 2.86.